The molecule has 0 amide bonds. The lowest BCUT2D eigenvalue weighted by atomic mass is 10.1. The van der Waals surface area contributed by atoms with Crippen LogP contribution < -0.4 is 0 Å². The third-order valence-electron chi connectivity index (χ3n) is 3.67. The van der Waals surface area contributed by atoms with Gasteiger partial charge in [-0.1, -0.05) is 5.21 Å². The molecule has 1 aromatic heterocycles. The number of aliphatic hydroxyl groups is 1. The van der Waals surface area contributed by atoms with Gasteiger partial charge in [-0.3, -0.25) is 4.57 Å². The van der Waals surface area contributed by atoms with Crippen LogP contribution >= 0.6 is 7.60 Å². The number of esters is 1. The second kappa shape index (κ2) is 6.23. The van der Waals surface area contributed by atoms with E-state index in [1.165, 1.54) is 18.0 Å². The van der Waals surface area contributed by atoms with Gasteiger partial charge in [-0.2, -0.15) is 0 Å². The van der Waals surface area contributed by atoms with E-state index in [1.807, 2.05) is 0 Å². The third kappa shape index (κ3) is 4.10. The van der Waals surface area contributed by atoms with Crippen molar-refractivity contribution in [2.75, 3.05) is 13.3 Å². The van der Waals surface area contributed by atoms with E-state index >= 15 is 0 Å². The molecule has 0 radical (unpaired) electrons. The first-order valence-electron chi connectivity index (χ1n) is 6.53. The van der Waals surface area contributed by atoms with Gasteiger partial charge in [0.05, 0.1) is 31.6 Å². The van der Waals surface area contributed by atoms with Crippen molar-refractivity contribution in [3.63, 3.8) is 0 Å². The molecule has 3 atom stereocenters. The molecular weight excluding hydrogens is 301 g/mol. The van der Waals surface area contributed by atoms with Crippen molar-refractivity contribution < 1.29 is 29.0 Å². The maximum absolute atomic E-state index is 11.3. The summed E-state index contributed by atoms with van der Waals surface area (Å²) in [5, 5.41) is 17.5. The Morgan fingerprint density at radius 1 is 1.52 bits per heavy atom. The molecule has 0 aliphatic heterocycles. The summed E-state index contributed by atoms with van der Waals surface area (Å²) in [6, 6.07) is -0.349. The quantitative estimate of drug-likeness (QED) is 0.507. The molecule has 0 saturated heterocycles. The fourth-order valence-corrected chi connectivity index (χ4v) is 3.30. The molecule has 2 rings (SSSR count). The van der Waals surface area contributed by atoms with Gasteiger partial charge in [-0.05, 0) is 25.2 Å². The van der Waals surface area contributed by atoms with Gasteiger partial charge in [0, 0.05) is 0 Å². The smallest absolute Gasteiger partial charge is 0.360 e. The molecule has 0 aromatic carbocycles. The first-order valence-corrected chi connectivity index (χ1v) is 8.32. The molecular formula is C11H18N3O6P. The minimum atomic E-state index is -4.02. The Labute approximate surface area is 121 Å². The molecule has 118 valence electrons. The van der Waals surface area contributed by atoms with Crippen LogP contribution in [-0.2, 0) is 9.30 Å². The Bertz CT molecular complexity index is 556. The molecule has 21 heavy (non-hydrogen) atoms. The number of aliphatic hydroxyl groups excluding tert-OH is 1. The van der Waals surface area contributed by atoms with Crippen molar-refractivity contribution in [1.82, 2.24) is 15.0 Å². The number of carbonyl (C=O) groups is 1. The minimum Gasteiger partial charge on any atom is -0.464 e. The fourth-order valence-electron chi connectivity index (χ4n) is 2.60. The van der Waals surface area contributed by atoms with Crippen molar-refractivity contribution in [1.29, 1.82) is 0 Å². The van der Waals surface area contributed by atoms with Gasteiger partial charge in [0.15, 0.2) is 5.69 Å². The van der Waals surface area contributed by atoms with Crippen LogP contribution in [0.1, 0.15) is 35.8 Å². The highest BCUT2D eigenvalue weighted by Gasteiger charge is 2.36. The summed E-state index contributed by atoms with van der Waals surface area (Å²) < 4.78 is 16.8. The number of hydrogen-bond donors (Lipinski definition) is 3. The normalized spacial score (nSPS) is 26.0. The highest BCUT2D eigenvalue weighted by Crippen LogP contribution is 2.42. The maximum Gasteiger partial charge on any atom is 0.360 e. The molecule has 0 spiro atoms. The van der Waals surface area contributed by atoms with Crippen molar-refractivity contribution in [2.24, 2.45) is 5.92 Å². The fraction of sp³-hybridized carbons (Fsp3) is 0.727. The van der Waals surface area contributed by atoms with Crippen LogP contribution in [0, 0.1) is 5.92 Å². The van der Waals surface area contributed by atoms with Crippen LogP contribution in [0.15, 0.2) is 6.20 Å². The lowest BCUT2D eigenvalue weighted by molar-refractivity contribution is 0.0593. The summed E-state index contributed by atoms with van der Waals surface area (Å²) in [4.78, 5) is 29.1. The molecule has 1 saturated carbocycles. The Hall–Kier alpha value is -1.28. The Balaban J connectivity index is 1.99. The number of rotatable bonds is 5. The number of nitrogens with zero attached hydrogens (tertiary/aromatic N) is 3. The molecule has 10 heteroatoms. The van der Waals surface area contributed by atoms with Crippen molar-refractivity contribution in [2.45, 2.75) is 31.4 Å². The van der Waals surface area contributed by atoms with Gasteiger partial charge in [0.2, 0.25) is 0 Å². The highest BCUT2D eigenvalue weighted by atomic mass is 31.2. The highest BCUT2D eigenvalue weighted by molar-refractivity contribution is 7.51. The molecule has 1 heterocycles. The number of aromatic nitrogens is 3. The molecule has 1 aliphatic carbocycles. The van der Waals surface area contributed by atoms with Crippen LogP contribution in [0.2, 0.25) is 0 Å². The van der Waals surface area contributed by atoms with Gasteiger partial charge in [-0.15, -0.1) is 5.10 Å². The molecule has 1 aromatic rings. The Morgan fingerprint density at radius 3 is 2.86 bits per heavy atom. The summed E-state index contributed by atoms with van der Waals surface area (Å²) >= 11 is 0. The standard InChI is InChI=1S/C11H18N3O6P/c1-20-11(16)8-6-14(13-12-8)9-4-7(5-10(9)15)2-3-21(17,18)19/h6-7,9-10,15H,2-5H2,1H3,(H2,17,18,19)/t7-,9+,10+/m0/s1. The van der Waals surface area contributed by atoms with E-state index in [1.54, 1.807) is 0 Å². The SMILES string of the molecule is COC(=O)c1cn([C@@H]2C[C@H](CCP(=O)(O)O)C[C@H]2O)nn1. The average Bonchev–Trinajstić information content (AvgIpc) is 3.01. The second-order valence-electron chi connectivity index (χ2n) is 5.22. The first kappa shape index (κ1) is 16.1. The first-order chi connectivity index (χ1) is 9.80. The molecule has 1 aliphatic rings. The summed E-state index contributed by atoms with van der Waals surface area (Å²) in [5.41, 5.74) is 0.0587. The van der Waals surface area contributed by atoms with Crippen LogP contribution in [0.5, 0.6) is 0 Å². The summed E-state index contributed by atoms with van der Waals surface area (Å²) in [5.74, 6) is -0.602. The van der Waals surface area contributed by atoms with Crippen LogP contribution in [-0.4, -0.2) is 55.2 Å². The number of ether oxygens (including phenoxy) is 1. The van der Waals surface area contributed by atoms with Crippen molar-refractivity contribution in [3.05, 3.63) is 11.9 Å². The van der Waals surface area contributed by atoms with Crippen LogP contribution in [0.25, 0.3) is 0 Å². The van der Waals surface area contributed by atoms with Gasteiger partial charge in [0.1, 0.15) is 0 Å². The maximum atomic E-state index is 11.3. The van der Waals surface area contributed by atoms with Crippen LogP contribution in [0.3, 0.4) is 0 Å². The van der Waals surface area contributed by atoms with Gasteiger partial charge in [-0.25, -0.2) is 9.48 Å². The lowest BCUT2D eigenvalue weighted by Crippen LogP contribution is -2.18. The van der Waals surface area contributed by atoms with Crippen LogP contribution in [0.4, 0.5) is 0 Å². The van der Waals surface area contributed by atoms with E-state index < -0.39 is 19.7 Å². The predicted octanol–water partition coefficient (Wildman–Crippen LogP) is -0.0555. The van der Waals surface area contributed by atoms with Crippen molar-refractivity contribution in [3.8, 4) is 0 Å². The van der Waals surface area contributed by atoms with Crippen molar-refractivity contribution >= 4 is 13.6 Å². The molecule has 0 unspecified atom stereocenters. The van der Waals surface area contributed by atoms with E-state index in [9.17, 15) is 14.5 Å². The van der Waals surface area contributed by atoms with Gasteiger partial charge in [0.25, 0.3) is 0 Å². The second-order valence-corrected chi connectivity index (χ2v) is 7.00. The average molecular weight is 319 g/mol. The van der Waals surface area contributed by atoms with Gasteiger partial charge < -0.3 is 19.6 Å². The number of methoxy groups -OCH3 is 1. The monoisotopic (exact) mass is 319 g/mol. The summed E-state index contributed by atoms with van der Waals surface area (Å²) in [6.07, 6.45) is 1.85. The molecule has 0 bridgehead atoms. The number of hydrogen-bond acceptors (Lipinski definition) is 6. The van der Waals surface area contributed by atoms with E-state index in [2.05, 4.69) is 15.0 Å². The van der Waals surface area contributed by atoms with E-state index in [4.69, 9.17) is 9.79 Å². The topological polar surface area (TPSA) is 135 Å². The summed E-state index contributed by atoms with van der Waals surface area (Å²) in [6.45, 7) is 0. The molecule has 1 fully saturated rings. The molecule has 9 nitrogen and oxygen atoms in total. The van der Waals surface area contributed by atoms with Gasteiger partial charge >= 0.3 is 13.6 Å². The zero-order valence-corrected chi connectivity index (χ0v) is 12.4. The predicted molar refractivity (Wildman–Crippen MR) is 70.7 cm³/mol. The zero-order chi connectivity index (χ0) is 15.6. The zero-order valence-electron chi connectivity index (χ0n) is 11.5. The number of carbonyl (C=O) groups excluding carboxylic acids is 1. The van der Waals surface area contributed by atoms with E-state index in [-0.39, 0.29) is 23.8 Å². The molecule has 3 N–H and O–H groups in total. The summed E-state index contributed by atoms with van der Waals surface area (Å²) in [7, 11) is -2.78. The third-order valence-corrected chi connectivity index (χ3v) is 4.51. The largest absolute Gasteiger partial charge is 0.464 e. The van der Waals surface area contributed by atoms with E-state index in [0.717, 1.165) is 0 Å². The minimum absolute atomic E-state index is 0.00315. The Kier molecular flexibility index (Phi) is 4.77. The Morgan fingerprint density at radius 2 is 2.24 bits per heavy atom. The van der Waals surface area contributed by atoms with E-state index in [0.29, 0.717) is 19.3 Å². The lowest BCUT2D eigenvalue weighted by Gasteiger charge is -2.13.